The molecule has 0 bridgehead atoms. The molecule has 0 spiro atoms. The molecule has 2 rings (SSSR count). The lowest BCUT2D eigenvalue weighted by Crippen LogP contribution is -2.03. The van der Waals surface area contributed by atoms with Gasteiger partial charge < -0.3 is 5.32 Å². The van der Waals surface area contributed by atoms with Gasteiger partial charge in [0.2, 0.25) is 0 Å². The number of hydrogen-bond acceptors (Lipinski definition) is 1. The Morgan fingerprint density at radius 3 is 2.53 bits per heavy atom. The van der Waals surface area contributed by atoms with Crippen molar-refractivity contribution in [3.05, 3.63) is 63.6 Å². The van der Waals surface area contributed by atoms with Crippen molar-refractivity contribution >= 4 is 21.6 Å². The first-order valence-electron chi connectivity index (χ1n) is 6.65. The van der Waals surface area contributed by atoms with Gasteiger partial charge in [-0.1, -0.05) is 60.1 Å². The van der Waals surface area contributed by atoms with Crippen molar-refractivity contribution in [1.82, 2.24) is 0 Å². The van der Waals surface area contributed by atoms with Gasteiger partial charge in [0, 0.05) is 16.7 Å². The fourth-order valence-corrected chi connectivity index (χ4v) is 2.53. The van der Waals surface area contributed by atoms with Gasteiger partial charge in [0.15, 0.2) is 0 Å². The summed E-state index contributed by atoms with van der Waals surface area (Å²) in [5, 5.41) is 3.54. The molecule has 0 amide bonds. The number of hydrogen-bond donors (Lipinski definition) is 1. The third-order valence-electron chi connectivity index (χ3n) is 3.30. The zero-order valence-electron chi connectivity index (χ0n) is 11.7. The second-order valence-corrected chi connectivity index (χ2v) is 6.03. The molecule has 0 aromatic heterocycles. The summed E-state index contributed by atoms with van der Waals surface area (Å²) in [6, 6.07) is 15.0. The Bertz CT molecular complexity index is 561. The predicted octanol–water partition coefficient (Wildman–Crippen LogP) is 5.49. The second-order valence-electron chi connectivity index (χ2n) is 5.18. The molecule has 1 nitrogen and oxygen atoms in total. The minimum atomic E-state index is 0.536. The number of para-hydroxylation sites is 1. The van der Waals surface area contributed by atoms with E-state index in [0.717, 1.165) is 6.54 Å². The van der Waals surface area contributed by atoms with Gasteiger partial charge in [-0.2, -0.15) is 0 Å². The molecule has 100 valence electrons. The van der Waals surface area contributed by atoms with E-state index in [9.17, 15) is 0 Å². The van der Waals surface area contributed by atoms with Crippen LogP contribution in [0.15, 0.2) is 46.9 Å². The van der Waals surface area contributed by atoms with Crippen LogP contribution in [0.1, 0.15) is 36.5 Å². The summed E-state index contributed by atoms with van der Waals surface area (Å²) in [7, 11) is 0. The lowest BCUT2D eigenvalue weighted by Gasteiger charge is -2.15. The average Bonchev–Trinajstić information content (AvgIpc) is 2.40. The maximum Gasteiger partial charge on any atom is 0.0401 e. The summed E-state index contributed by atoms with van der Waals surface area (Å²) in [6.07, 6.45) is 0. The van der Waals surface area contributed by atoms with Gasteiger partial charge in [0.25, 0.3) is 0 Å². The Kier molecular flexibility index (Phi) is 4.65. The highest BCUT2D eigenvalue weighted by molar-refractivity contribution is 9.10. The zero-order chi connectivity index (χ0) is 13.8. The molecule has 0 atom stereocenters. The molecule has 2 aromatic rings. The smallest absolute Gasteiger partial charge is 0.0401 e. The van der Waals surface area contributed by atoms with Crippen LogP contribution in [0.3, 0.4) is 0 Å². The molecule has 0 aliphatic rings. The molecule has 2 aromatic carbocycles. The monoisotopic (exact) mass is 317 g/mol. The summed E-state index contributed by atoms with van der Waals surface area (Å²) < 4.78 is 1.17. The van der Waals surface area contributed by atoms with Crippen LogP contribution in [-0.4, -0.2) is 0 Å². The van der Waals surface area contributed by atoms with E-state index >= 15 is 0 Å². The Balaban J connectivity index is 2.12. The molecule has 0 radical (unpaired) electrons. The minimum absolute atomic E-state index is 0.536. The number of aryl methyl sites for hydroxylation is 1. The number of nitrogens with one attached hydrogen (secondary N) is 1. The third-order valence-corrected chi connectivity index (χ3v) is 4.16. The van der Waals surface area contributed by atoms with Crippen LogP contribution in [0, 0.1) is 6.92 Å². The van der Waals surface area contributed by atoms with E-state index in [-0.39, 0.29) is 0 Å². The van der Waals surface area contributed by atoms with Crippen LogP contribution >= 0.6 is 15.9 Å². The first kappa shape index (κ1) is 14.1. The van der Waals surface area contributed by atoms with Crippen molar-refractivity contribution < 1.29 is 0 Å². The highest BCUT2D eigenvalue weighted by Crippen LogP contribution is 2.24. The van der Waals surface area contributed by atoms with Gasteiger partial charge in [-0.05, 0) is 41.7 Å². The van der Waals surface area contributed by atoms with E-state index in [1.54, 1.807) is 0 Å². The van der Waals surface area contributed by atoms with Gasteiger partial charge in [-0.3, -0.25) is 0 Å². The molecule has 0 fully saturated rings. The van der Waals surface area contributed by atoms with Crippen LogP contribution < -0.4 is 5.32 Å². The predicted molar refractivity (Wildman–Crippen MR) is 86.7 cm³/mol. The highest BCUT2D eigenvalue weighted by Gasteiger charge is 2.05. The Hall–Kier alpha value is -1.28. The average molecular weight is 318 g/mol. The second kappa shape index (κ2) is 6.25. The maximum absolute atomic E-state index is 3.58. The molecule has 0 unspecified atom stereocenters. The molecule has 1 N–H and O–H groups in total. The molecule has 0 aliphatic heterocycles. The molecular formula is C17H20BrN. The van der Waals surface area contributed by atoms with Crippen molar-refractivity contribution in [3.63, 3.8) is 0 Å². The summed E-state index contributed by atoms with van der Waals surface area (Å²) in [5.74, 6) is 0.536. The lowest BCUT2D eigenvalue weighted by molar-refractivity contribution is 0.865. The van der Waals surface area contributed by atoms with E-state index < -0.39 is 0 Å². The van der Waals surface area contributed by atoms with Crippen LogP contribution in [0.4, 0.5) is 5.69 Å². The Labute approximate surface area is 124 Å². The molecule has 0 aliphatic carbocycles. The molecule has 19 heavy (non-hydrogen) atoms. The van der Waals surface area contributed by atoms with Crippen LogP contribution in [0.5, 0.6) is 0 Å². The first-order valence-corrected chi connectivity index (χ1v) is 7.45. The number of halogens is 1. The highest BCUT2D eigenvalue weighted by atomic mass is 79.9. The summed E-state index contributed by atoms with van der Waals surface area (Å²) in [4.78, 5) is 0. The van der Waals surface area contributed by atoms with Crippen molar-refractivity contribution in [2.45, 2.75) is 33.2 Å². The third kappa shape index (κ3) is 3.60. The topological polar surface area (TPSA) is 12.0 Å². The fraction of sp³-hybridized carbons (Fsp3) is 0.294. The van der Waals surface area contributed by atoms with E-state index in [1.165, 1.54) is 26.9 Å². The van der Waals surface area contributed by atoms with Crippen LogP contribution in [0.2, 0.25) is 0 Å². The first-order chi connectivity index (χ1) is 9.08. The Morgan fingerprint density at radius 1 is 1.11 bits per heavy atom. The van der Waals surface area contributed by atoms with Crippen LogP contribution in [0.25, 0.3) is 0 Å². The fourth-order valence-electron chi connectivity index (χ4n) is 2.11. The van der Waals surface area contributed by atoms with Crippen molar-refractivity contribution in [1.29, 1.82) is 0 Å². The van der Waals surface area contributed by atoms with Crippen molar-refractivity contribution in [3.8, 4) is 0 Å². The molecule has 0 heterocycles. The quantitative estimate of drug-likeness (QED) is 0.785. The summed E-state index contributed by atoms with van der Waals surface area (Å²) in [5.41, 5.74) is 5.16. The van der Waals surface area contributed by atoms with Gasteiger partial charge in [0.1, 0.15) is 0 Å². The van der Waals surface area contributed by atoms with E-state index in [1.807, 2.05) is 0 Å². The zero-order valence-corrected chi connectivity index (χ0v) is 13.3. The van der Waals surface area contributed by atoms with Gasteiger partial charge in [-0.25, -0.2) is 0 Å². The van der Waals surface area contributed by atoms with E-state index in [4.69, 9.17) is 0 Å². The lowest BCUT2D eigenvalue weighted by atomic mass is 10.0. The largest absolute Gasteiger partial charge is 0.381 e. The minimum Gasteiger partial charge on any atom is -0.381 e. The Morgan fingerprint density at radius 2 is 1.84 bits per heavy atom. The standard InChI is InChI=1S/C17H20BrN/c1-12(2)15-6-4-5-7-17(15)19-11-14-9-8-13(3)16(18)10-14/h4-10,12,19H,11H2,1-3H3. The number of benzene rings is 2. The van der Waals surface area contributed by atoms with Gasteiger partial charge in [-0.15, -0.1) is 0 Å². The van der Waals surface area contributed by atoms with Gasteiger partial charge >= 0.3 is 0 Å². The number of rotatable bonds is 4. The van der Waals surface area contributed by atoms with E-state index in [0.29, 0.717) is 5.92 Å². The van der Waals surface area contributed by atoms with Crippen molar-refractivity contribution in [2.75, 3.05) is 5.32 Å². The molecule has 0 saturated carbocycles. The van der Waals surface area contributed by atoms with Gasteiger partial charge in [0.05, 0.1) is 0 Å². The molecule has 2 heteroatoms. The maximum atomic E-state index is 3.58. The summed E-state index contributed by atoms with van der Waals surface area (Å²) >= 11 is 3.58. The molecule has 0 saturated heterocycles. The van der Waals surface area contributed by atoms with E-state index in [2.05, 4.69) is 84.5 Å². The normalized spacial score (nSPS) is 10.8. The summed E-state index contributed by atoms with van der Waals surface area (Å²) in [6.45, 7) is 7.41. The molecular weight excluding hydrogens is 298 g/mol. The van der Waals surface area contributed by atoms with Crippen molar-refractivity contribution in [2.24, 2.45) is 0 Å². The number of anilines is 1. The van der Waals surface area contributed by atoms with Crippen LogP contribution in [-0.2, 0) is 6.54 Å². The SMILES string of the molecule is Cc1ccc(CNc2ccccc2C(C)C)cc1Br.